The molecule has 8 heteroatoms. The van der Waals surface area contributed by atoms with E-state index in [1.165, 1.54) is 28.7 Å². The molecular formula is C25H28N4O3S. The Balaban J connectivity index is 1.45. The van der Waals surface area contributed by atoms with E-state index >= 15 is 0 Å². The first kappa shape index (κ1) is 20.9. The average Bonchev–Trinajstić information content (AvgIpc) is 3.60. The average molecular weight is 465 g/mol. The zero-order chi connectivity index (χ0) is 22.0. The molecule has 0 aromatic carbocycles. The van der Waals surface area contributed by atoms with E-state index in [4.69, 9.17) is 23.5 Å². The summed E-state index contributed by atoms with van der Waals surface area (Å²) in [5.41, 5.74) is 1.44. The molecule has 4 aromatic rings. The van der Waals surface area contributed by atoms with Gasteiger partial charge < -0.3 is 18.5 Å². The Bertz CT molecular complexity index is 1160. The molecular weight excluding hydrogens is 436 g/mol. The molecule has 5 heterocycles. The Morgan fingerprint density at radius 1 is 0.939 bits per heavy atom. The van der Waals surface area contributed by atoms with Gasteiger partial charge in [0.05, 0.1) is 50.8 Å². The number of aryl methyl sites for hydroxylation is 2. The number of furan rings is 2. The van der Waals surface area contributed by atoms with Gasteiger partial charge in [-0.2, -0.15) is 0 Å². The van der Waals surface area contributed by atoms with Crippen LogP contribution in [-0.2, 0) is 37.2 Å². The standard InChI is InChI=1S/C25H28N4O3S/c1-2-8-21-20(7-1)23-24(26-22(27-25(23)33-21)17-28-9-13-30-14-10-28)29(15-18-5-3-11-31-18)16-19-6-4-12-32-19/h3-6,11-12H,1-2,7-10,13-17H2. The Kier molecular flexibility index (Phi) is 5.88. The predicted octanol–water partition coefficient (Wildman–Crippen LogP) is 4.80. The van der Waals surface area contributed by atoms with Crippen LogP contribution in [0, 0.1) is 0 Å². The van der Waals surface area contributed by atoms with Gasteiger partial charge in [-0.25, -0.2) is 9.97 Å². The lowest BCUT2D eigenvalue weighted by Crippen LogP contribution is -2.36. The molecule has 2 aliphatic rings. The molecule has 1 aliphatic carbocycles. The lowest BCUT2D eigenvalue weighted by molar-refractivity contribution is 0.0331. The molecule has 0 spiro atoms. The van der Waals surface area contributed by atoms with Crippen LogP contribution in [0.4, 0.5) is 5.82 Å². The minimum absolute atomic E-state index is 0.626. The van der Waals surface area contributed by atoms with E-state index in [2.05, 4.69) is 9.80 Å². The quantitative estimate of drug-likeness (QED) is 0.389. The summed E-state index contributed by atoms with van der Waals surface area (Å²) in [6.45, 7) is 5.37. The minimum Gasteiger partial charge on any atom is -0.467 e. The van der Waals surface area contributed by atoms with E-state index in [-0.39, 0.29) is 0 Å². The van der Waals surface area contributed by atoms with Crippen molar-refractivity contribution in [3.63, 3.8) is 0 Å². The van der Waals surface area contributed by atoms with Crippen LogP contribution in [0.3, 0.4) is 0 Å². The molecule has 1 fully saturated rings. The van der Waals surface area contributed by atoms with E-state index in [1.54, 1.807) is 12.5 Å². The highest BCUT2D eigenvalue weighted by Crippen LogP contribution is 2.40. The molecule has 7 nitrogen and oxygen atoms in total. The second kappa shape index (κ2) is 9.29. The maximum Gasteiger partial charge on any atom is 0.146 e. The van der Waals surface area contributed by atoms with Crippen molar-refractivity contribution in [3.05, 3.63) is 64.6 Å². The number of hydrogen-bond acceptors (Lipinski definition) is 8. The maximum absolute atomic E-state index is 5.73. The van der Waals surface area contributed by atoms with Gasteiger partial charge in [0.2, 0.25) is 0 Å². The maximum atomic E-state index is 5.73. The van der Waals surface area contributed by atoms with E-state index in [0.29, 0.717) is 13.1 Å². The molecule has 0 radical (unpaired) electrons. The number of rotatable bonds is 7. The highest BCUT2D eigenvalue weighted by molar-refractivity contribution is 7.19. The summed E-state index contributed by atoms with van der Waals surface area (Å²) in [5.74, 6) is 3.69. The summed E-state index contributed by atoms with van der Waals surface area (Å²) in [4.78, 5) is 17.5. The van der Waals surface area contributed by atoms with Gasteiger partial charge in [-0.15, -0.1) is 11.3 Å². The van der Waals surface area contributed by atoms with Crippen molar-refractivity contribution in [1.29, 1.82) is 0 Å². The van der Waals surface area contributed by atoms with Crippen LogP contribution in [0.5, 0.6) is 0 Å². The number of nitrogens with zero attached hydrogens (tertiary/aromatic N) is 4. The molecule has 0 atom stereocenters. The monoisotopic (exact) mass is 464 g/mol. The summed E-state index contributed by atoms with van der Waals surface area (Å²) in [6.07, 6.45) is 8.18. The van der Waals surface area contributed by atoms with Crippen LogP contribution in [0.2, 0.25) is 0 Å². The third kappa shape index (κ3) is 4.43. The predicted molar refractivity (Wildman–Crippen MR) is 127 cm³/mol. The van der Waals surface area contributed by atoms with Crippen LogP contribution in [0.15, 0.2) is 45.6 Å². The third-order valence-corrected chi connectivity index (χ3v) is 7.65. The van der Waals surface area contributed by atoms with Crippen molar-refractivity contribution in [3.8, 4) is 0 Å². The Hall–Kier alpha value is -2.68. The molecule has 6 rings (SSSR count). The SMILES string of the molecule is c1coc(CN(Cc2ccco2)c2nc(CN3CCOCC3)nc3sc4c(c23)CCCC4)c1. The zero-order valence-electron chi connectivity index (χ0n) is 18.7. The topological polar surface area (TPSA) is 67.8 Å². The van der Waals surface area contributed by atoms with Crippen LogP contribution in [-0.4, -0.2) is 41.2 Å². The van der Waals surface area contributed by atoms with Gasteiger partial charge in [0.1, 0.15) is 28.0 Å². The summed E-state index contributed by atoms with van der Waals surface area (Å²) in [7, 11) is 0. The van der Waals surface area contributed by atoms with Crippen molar-refractivity contribution < 1.29 is 13.6 Å². The number of anilines is 1. The summed E-state index contributed by atoms with van der Waals surface area (Å²) < 4.78 is 17.0. The van der Waals surface area contributed by atoms with Crippen LogP contribution in [0.1, 0.15) is 40.6 Å². The number of ether oxygens (including phenoxy) is 1. The normalized spacial score (nSPS) is 16.8. The van der Waals surface area contributed by atoms with Crippen molar-refractivity contribution in [2.45, 2.75) is 45.3 Å². The fraction of sp³-hybridized carbons (Fsp3) is 0.440. The molecule has 172 valence electrons. The summed E-state index contributed by atoms with van der Waals surface area (Å²) in [5, 5.41) is 1.22. The summed E-state index contributed by atoms with van der Waals surface area (Å²) in [6, 6.07) is 7.91. The molecule has 4 aromatic heterocycles. The molecule has 1 aliphatic heterocycles. The van der Waals surface area contributed by atoms with E-state index in [0.717, 1.165) is 73.7 Å². The smallest absolute Gasteiger partial charge is 0.146 e. The van der Waals surface area contributed by atoms with Crippen molar-refractivity contribution in [1.82, 2.24) is 14.9 Å². The van der Waals surface area contributed by atoms with Gasteiger partial charge in [-0.3, -0.25) is 4.90 Å². The second-order valence-electron chi connectivity index (χ2n) is 8.76. The van der Waals surface area contributed by atoms with Gasteiger partial charge >= 0.3 is 0 Å². The Morgan fingerprint density at radius 3 is 2.36 bits per heavy atom. The first-order valence-corrected chi connectivity index (χ1v) is 12.6. The fourth-order valence-corrected chi connectivity index (χ4v) is 6.10. The molecule has 0 amide bonds. The third-order valence-electron chi connectivity index (χ3n) is 6.46. The van der Waals surface area contributed by atoms with Gasteiger partial charge in [0.25, 0.3) is 0 Å². The Morgan fingerprint density at radius 2 is 1.67 bits per heavy atom. The number of fused-ring (bicyclic) bond motifs is 3. The summed E-state index contributed by atoms with van der Waals surface area (Å²) >= 11 is 1.86. The molecule has 33 heavy (non-hydrogen) atoms. The molecule has 0 unspecified atom stereocenters. The van der Waals surface area contributed by atoms with Crippen molar-refractivity contribution >= 4 is 27.4 Å². The van der Waals surface area contributed by atoms with Gasteiger partial charge in [-0.05, 0) is 55.5 Å². The van der Waals surface area contributed by atoms with Gasteiger partial charge in [0.15, 0.2) is 0 Å². The van der Waals surface area contributed by atoms with Gasteiger partial charge in [0, 0.05) is 18.0 Å². The number of hydrogen-bond donors (Lipinski definition) is 0. The second-order valence-corrected chi connectivity index (χ2v) is 9.84. The van der Waals surface area contributed by atoms with Crippen LogP contribution in [0.25, 0.3) is 10.2 Å². The highest BCUT2D eigenvalue weighted by atomic mass is 32.1. The van der Waals surface area contributed by atoms with Crippen LogP contribution < -0.4 is 4.90 Å². The minimum atomic E-state index is 0.626. The fourth-order valence-electron chi connectivity index (χ4n) is 4.83. The number of aromatic nitrogens is 2. The van der Waals surface area contributed by atoms with E-state index in [1.807, 2.05) is 35.6 Å². The molecule has 0 bridgehead atoms. The first-order chi connectivity index (χ1) is 16.3. The lowest BCUT2D eigenvalue weighted by Gasteiger charge is -2.27. The molecule has 0 N–H and O–H groups in total. The lowest BCUT2D eigenvalue weighted by atomic mass is 9.97. The number of morpholine rings is 1. The Labute approximate surface area is 197 Å². The largest absolute Gasteiger partial charge is 0.467 e. The van der Waals surface area contributed by atoms with Crippen LogP contribution >= 0.6 is 11.3 Å². The van der Waals surface area contributed by atoms with Crippen molar-refractivity contribution in [2.75, 3.05) is 31.2 Å². The number of thiophene rings is 1. The van der Waals surface area contributed by atoms with Gasteiger partial charge in [-0.1, -0.05) is 0 Å². The van der Waals surface area contributed by atoms with E-state index in [9.17, 15) is 0 Å². The highest BCUT2D eigenvalue weighted by Gasteiger charge is 2.26. The van der Waals surface area contributed by atoms with E-state index < -0.39 is 0 Å². The zero-order valence-corrected chi connectivity index (χ0v) is 19.5. The molecule has 1 saturated heterocycles. The first-order valence-electron chi connectivity index (χ1n) is 11.7. The molecule has 0 saturated carbocycles. The van der Waals surface area contributed by atoms with Crippen molar-refractivity contribution in [2.24, 2.45) is 0 Å².